The van der Waals surface area contributed by atoms with Crippen molar-refractivity contribution in [3.05, 3.63) is 179 Å². The lowest BCUT2D eigenvalue weighted by Gasteiger charge is -2.21. The van der Waals surface area contributed by atoms with Crippen LogP contribution in [0.5, 0.6) is 0 Å². The minimum Gasteiger partial charge on any atom is -0.455 e. The van der Waals surface area contributed by atoms with Crippen molar-refractivity contribution < 1.29 is 8.83 Å². The molecule has 0 N–H and O–H groups in total. The third-order valence-corrected chi connectivity index (χ3v) is 13.3. The van der Waals surface area contributed by atoms with Gasteiger partial charge in [0.1, 0.15) is 22.3 Å². The monoisotopic (exact) mass is 770 g/mol. The van der Waals surface area contributed by atoms with Crippen molar-refractivity contribution in [3.8, 4) is 44.5 Å². The molecule has 2 heteroatoms. The first kappa shape index (κ1) is 34.8. The lowest BCUT2D eigenvalue weighted by atomic mass is 9.81. The molecule has 12 aromatic rings. The summed E-state index contributed by atoms with van der Waals surface area (Å²) in [6.07, 6.45) is 0. The van der Waals surface area contributed by atoms with Crippen LogP contribution in [0.25, 0.3) is 121 Å². The quantitative estimate of drug-likeness (QED) is 0.167. The molecule has 10 aromatic carbocycles. The molecule has 0 atom stereocenters. The van der Waals surface area contributed by atoms with Crippen LogP contribution >= 0.6 is 0 Å². The molecule has 0 unspecified atom stereocenters. The van der Waals surface area contributed by atoms with Gasteiger partial charge in [-0.2, -0.15) is 0 Å². The Morgan fingerprint density at radius 3 is 1.05 bits per heavy atom. The smallest absolute Gasteiger partial charge is 0.143 e. The van der Waals surface area contributed by atoms with Gasteiger partial charge in [-0.05, 0) is 168 Å². The van der Waals surface area contributed by atoms with Crippen LogP contribution in [0.15, 0.2) is 154 Å². The molecule has 0 fully saturated rings. The van der Waals surface area contributed by atoms with Crippen LogP contribution in [-0.4, -0.2) is 0 Å². The van der Waals surface area contributed by atoms with Crippen molar-refractivity contribution >= 4 is 76.2 Å². The maximum Gasteiger partial charge on any atom is 0.143 e. The molecule has 0 amide bonds. The number of hydrogen-bond donors (Lipinski definition) is 0. The fourth-order valence-corrected chi connectivity index (χ4v) is 10.3. The van der Waals surface area contributed by atoms with Gasteiger partial charge in [0.25, 0.3) is 0 Å². The van der Waals surface area contributed by atoms with Crippen LogP contribution in [-0.2, 0) is 0 Å². The van der Waals surface area contributed by atoms with Crippen LogP contribution in [0.3, 0.4) is 0 Å². The molecule has 60 heavy (non-hydrogen) atoms. The molecular weight excluding hydrogens is 729 g/mol. The van der Waals surface area contributed by atoms with Gasteiger partial charge in [-0.3, -0.25) is 0 Å². The molecule has 0 spiro atoms. The number of benzene rings is 10. The summed E-state index contributed by atoms with van der Waals surface area (Å²) in [7, 11) is 0. The Kier molecular flexibility index (Phi) is 7.36. The van der Waals surface area contributed by atoms with Gasteiger partial charge in [-0.15, -0.1) is 0 Å². The zero-order valence-corrected chi connectivity index (χ0v) is 34.7. The highest BCUT2D eigenvalue weighted by atomic mass is 16.3. The van der Waals surface area contributed by atoms with E-state index < -0.39 is 0 Å². The molecule has 2 heterocycles. The van der Waals surface area contributed by atoms with Gasteiger partial charge < -0.3 is 8.83 Å². The van der Waals surface area contributed by atoms with Crippen LogP contribution in [0.2, 0.25) is 0 Å². The second kappa shape index (κ2) is 12.7. The summed E-state index contributed by atoms with van der Waals surface area (Å²) in [5.41, 5.74) is 20.7. The van der Waals surface area contributed by atoms with E-state index in [1.165, 1.54) is 88.3 Å². The van der Waals surface area contributed by atoms with E-state index in [9.17, 15) is 0 Å². The predicted molar refractivity (Wildman–Crippen MR) is 255 cm³/mol. The van der Waals surface area contributed by atoms with Gasteiger partial charge in [-0.25, -0.2) is 0 Å². The number of hydrogen-bond acceptors (Lipinski definition) is 2. The van der Waals surface area contributed by atoms with Gasteiger partial charge in [0.05, 0.1) is 0 Å². The van der Waals surface area contributed by atoms with E-state index in [2.05, 4.69) is 187 Å². The largest absolute Gasteiger partial charge is 0.455 e. The molecule has 0 aliphatic heterocycles. The molecule has 0 radical (unpaired) electrons. The van der Waals surface area contributed by atoms with E-state index in [-0.39, 0.29) is 0 Å². The molecule has 0 saturated heterocycles. The summed E-state index contributed by atoms with van der Waals surface area (Å²) in [4.78, 5) is 0. The van der Waals surface area contributed by atoms with E-state index in [0.717, 1.165) is 65.8 Å². The summed E-state index contributed by atoms with van der Waals surface area (Å²) in [6, 6.07) is 53.9. The molecule has 2 nitrogen and oxygen atoms in total. The average molecular weight is 771 g/mol. The van der Waals surface area contributed by atoms with E-state index >= 15 is 0 Å². The number of furan rings is 2. The molecule has 0 saturated carbocycles. The lowest BCUT2D eigenvalue weighted by molar-refractivity contribution is 0.672. The minimum absolute atomic E-state index is 0.893. The highest BCUT2D eigenvalue weighted by Crippen LogP contribution is 2.52. The van der Waals surface area contributed by atoms with E-state index in [1.54, 1.807) is 0 Å². The van der Waals surface area contributed by atoms with Crippen molar-refractivity contribution in [2.24, 2.45) is 0 Å². The highest BCUT2D eigenvalue weighted by molar-refractivity contribution is 6.38. The number of aryl methyl sites for hydroxylation is 6. The van der Waals surface area contributed by atoms with Gasteiger partial charge >= 0.3 is 0 Å². The summed E-state index contributed by atoms with van der Waals surface area (Å²) >= 11 is 0. The first-order chi connectivity index (χ1) is 29.2. The molecule has 286 valence electrons. The Morgan fingerprint density at radius 2 is 0.667 bits per heavy atom. The zero-order chi connectivity index (χ0) is 40.6. The SMILES string of the molecule is Cc1ccc(-c2ccc3c(c2)oc2c3cc3c(-c4c(C)cccc4C)cc4c5oc6cc(-c7ccc(C)cc7)ccc6c5cc5c(-c6c(C)cccc6C)cc2c3c54)cc1. The Balaban J connectivity index is 1.27. The van der Waals surface area contributed by atoms with Gasteiger partial charge in [0.15, 0.2) is 0 Å². The molecule has 12 rings (SSSR count). The zero-order valence-electron chi connectivity index (χ0n) is 34.7. The van der Waals surface area contributed by atoms with Crippen LogP contribution < -0.4 is 0 Å². The van der Waals surface area contributed by atoms with E-state index in [0.29, 0.717) is 0 Å². The first-order valence-corrected chi connectivity index (χ1v) is 21.0. The molecule has 0 aliphatic carbocycles. The van der Waals surface area contributed by atoms with Crippen LogP contribution in [0.1, 0.15) is 33.4 Å². The second-order valence-electron chi connectivity index (χ2n) is 17.2. The van der Waals surface area contributed by atoms with E-state index in [1.807, 2.05) is 0 Å². The Labute approximate surface area is 348 Å². The molecule has 2 aromatic heterocycles. The fraction of sp³-hybridized carbons (Fsp3) is 0.103. The van der Waals surface area contributed by atoms with Crippen LogP contribution in [0, 0.1) is 41.5 Å². The molecular formula is C58H42O2. The van der Waals surface area contributed by atoms with Crippen molar-refractivity contribution in [2.45, 2.75) is 41.5 Å². The summed E-state index contributed by atoms with van der Waals surface area (Å²) in [5, 5.41) is 11.6. The number of rotatable bonds is 4. The normalized spacial score (nSPS) is 12.2. The number of fused-ring (bicyclic) bond motifs is 8. The van der Waals surface area contributed by atoms with Crippen LogP contribution in [0.4, 0.5) is 0 Å². The average Bonchev–Trinajstić information content (AvgIpc) is 3.81. The molecule has 0 aliphatic rings. The second-order valence-corrected chi connectivity index (χ2v) is 17.2. The standard InChI is InChI=1S/C58H42O2/c1-31-13-17-37(18-14-31)39-21-23-41-47-27-45-44(54-35(5)11-8-12-36(54)6)30-50-56-46(28-48-42-24-22-40(26-52(42)60-58(48)50)38-19-15-32(2)16-20-38)43(53-33(3)9-7-10-34(53)4)29-49(55(45)56)57(47)59-51(41)25-39/h7-30H,1-6H3. The highest BCUT2D eigenvalue weighted by Gasteiger charge is 2.26. The Bertz CT molecular complexity index is 3450. The molecule has 0 bridgehead atoms. The lowest BCUT2D eigenvalue weighted by Crippen LogP contribution is -1.96. The predicted octanol–water partition coefficient (Wildman–Crippen LogP) is 16.9. The topological polar surface area (TPSA) is 26.3 Å². The third kappa shape index (κ3) is 5.01. The van der Waals surface area contributed by atoms with Gasteiger partial charge in [0, 0.05) is 43.1 Å². The Hall–Kier alpha value is -7.16. The summed E-state index contributed by atoms with van der Waals surface area (Å²) < 4.78 is 14.2. The third-order valence-electron chi connectivity index (χ3n) is 13.3. The first-order valence-electron chi connectivity index (χ1n) is 21.0. The van der Waals surface area contributed by atoms with E-state index in [4.69, 9.17) is 8.83 Å². The fourth-order valence-electron chi connectivity index (χ4n) is 10.3. The minimum atomic E-state index is 0.893. The summed E-state index contributed by atoms with van der Waals surface area (Å²) in [6.45, 7) is 13.2. The van der Waals surface area contributed by atoms with Gasteiger partial charge in [-0.1, -0.05) is 108 Å². The van der Waals surface area contributed by atoms with Crippen molar-refractivity contribution in [3.63, 3.8) is 0 Å². The maximum atomic E-state index is 7.11. The van der Waals surface area contributed by atoms with Gasteiger partial charge in [0.2, 0.25) is 0 Å². The summed E-state index contributed by atoms with van der Waals surface area (Å²) in [5.74, 6) is 0. The van der Waals surface area contributed by atoms with Crippen molar-refractivity contribution in [1.82, 2.24) is 0 Å². The maximum absolute atomic E-state index is 7.11. The Morgan fingerprint density at radius 1 is 0.300 bits per heavy atom. The van der Waals surface area contributed by atoms with Crippen molar-refractivity contribution in [1.29, 1.82) is 0 Å². The van der Waals surface area contributed by atoms with Crippen molar-refractivity contribution in [2.75, 3.05) is 0 Å².